The Morgan fingerprint density at radius 3 is 2.86 bits per heavy atom. The van der Waals surface area contributed by atoms with Crippen LogP contribution in [0.5, 0.6) is 0 Å². The maximum Gasteiger partial charge on any atom is 0.270 e. The molecule has 0 spiro atoms. The number of nitrogens with zero attached hydrogens (tertiary/aromatic N) is 2. The first-order valence-corrected chi connectivity index (χ1v) is 8.26. The van der Waals surface area contributed by atoms with Crippen LogP contribution in [0, 0.1) is 12.8 Å². The first kappa shape index (κ1) is 14.2. The molecule has 1 aliphatic rings. The van der Waals surface area contributed by atoms with Crippen LogP contribution >= 0.6 is 11.3 Å². The first-order chi connectivity index (χ1) is 10.2. The number of aromatic nitrogens is 2. The van der Waals surface area contributed by atoms with Gasteiger partial charge in [0.15, 0.2) is 0 Å². The Kier molecular flexibility index (Phi) is 4.29. The van der Waals surface area contributed by atoms with E-state index in [-0.39, 0.29) is 11.9 Å². The number of rotatable bonds is 4. The molecule has 1 N–H and O–H groups in total. The second-order valence-electron chi connectivity index (χ2n) is 5.50. The molecule has 0 radical (unpaired) electrons. The summed E-state index contributed by atoms with van der Waals surface area (Å²) in [4.78, 5) is 22.0. The van der Waals surface area contributed by atoms with E-state index in [9.17, 15) is 4.79 Å². The van der Waals surface area contributed by atoms with E-state index < -0.39 is 0 Å². The van der Waals surface area contributed by atoms with E-state index in [4.69, 9.17) is 0 Å². The summed E-state index contributed by atoms with van der Waals surface area (Å²) in [5.41, 5.74) is 0.446. The summed E-state index contributed by atoms with van der Waals surface area (Å²) in [6, 6.07) is 5.93. The Labute approximate surface area is 128 Å². The molecule has 2 aromatic heterocycles. The smallest absolute Gasteiger partial charge is 0.270 e. The lowest BCUT2D eigenvalue weighted by atomic mass is 9.96. The molecule has 1 atom stereocenters. The Balaban J connectivity index is 1.79. The van der Waals surface area contributed by atoms with Crippen LogP contribution in [-0.2, 0) is 0 Å². The van der Waals surface area contributed by atoms with Crippen molar-refractivity contribution < 1.29 is 4.79 Å². The molecule has 1 saturated carbocycles. The minimum absolute atomic E-state index is 0.106. The van der Waals surface area contributed by atoms with Crippen LogP contribution in [0.2, 0.25) is 0 Å². The van der Waals surface area contributed by atoms with E-state index in [0.29, 0.717) is 17.4 Å². The van der Waals surface area contributed by atoms with Crippen LogP contribution in [0.25, 0.3) is 0 Å². The van der Waals surface area contributed by atoms with Crippen molar-refractivity contribution in [2.45, 2.75) is 38.6 Å². The average Bonchev–Trinajstić information content (AvgIpc) is 3.18. The third-order valence-electron chi connectivity index (χ3n) is 4.02. The van der Waals surface area contributed by atoms with E-state index in [0.717, 1.165) is 0 Å². The molecule has 0 aliphatic heterocycles. The zero-order valence-electron chi connectivity index (χ0n) is 12.1. The van der Waals surface area contributed by atoms with Gasteiger partial charge in [-0.3, -0.25) is 4.79 Å². The van der Waals surface area contributed by atoms with Crippen molar-refractivity contribution in [1.29, 1.82) is 0 Å². The van der Waals surface area contributed by atoms with Crippen LogP contribution in [-0.4, -0.2) is 15.9 Å². The Morgan fingerprint density at radius 2 is 2.19 bits per heavy atom. The molecule has 1 fully saturated rings. The Bertz CT molecular complexity index is 606. The van der Waals surface area contributed by atoms with Gasteiger partial charge in [-0.25, -0.2) is 9.97 Å². The van der Waals surface area contributed by atoms with Crippen LogP contribution in [0.4, 0.5) is 0 Å². The molecular formula is C16H19N3OS. The van der Waals surface area contributed by atoms with Gasteiger partial charge < -0.3 is 5.32 Å². The van der Waals surface area contributed by atoms with E-state index in [1.807, 2.05) is 6.07 Å². The summed E-state index contributed by atoms with van der Waals surface area (Å²) in [5, 5.41) is 5.25. The SMILES string of the molecule is Cc1nccc(C(=O)N[C@H](c2cccs2)C2CCCC2)n1. The summed E-state index contributed by atoms with van der Waals surface area (Å²) in [7, 11) is 0. The summed E-state index contributed by atoms with van der Waals surface area (Å²) in [6.07, 6.45) is 6.52. The summed E-state index contributed by atoms with van der Waals surface area (Å²) in [6.45, 7) is 1.80. The Hall–Kier alpha value is -1.75. The van der Waals surface area contributed by atoms with E-state index in [1.165, 1.54) is 30.6 Å². The predicted molar refractivity (Wildman–Crippen MR) is 83.3 cm³/mol. The first-order valence-electron chi connectivity index (χ1n) is 7.38. The fourth-order valence-electron chi connectivity index (χ4n) is 2.98. The fraction of sp³-hybridized carbons (Fsp3) is 0.438. The van der Waals surface area contributed by atoms with Crippen LogP contribution in [0.15, 0.2) is 29.8 Å². The van der Waals surface area contributed by atoms with Gasteiger partial charge in [0, 0.05) is 11.1 Å². The number of hydrogen-bond acceptors (Lipinski definition) is 4. The largest absolute Gasteiger partial charge is 0.343 e. The van der Waals surface area contributed by atoms with Crippen LogP contribution < -0.4 is 5.32 Å². The van der Waals surface area contributed by atoms with E-state index in [1.54, 1.807) is 30.5 Å². The normalized spacial score (nSPS) is 16.8. The van der Waals surface area contributed by atoms with Gasteiger partial charge in [0.05, 0.1) is 6.04 Å². The highest BCUT2D eigenvalue weighted by molar-refractivity contribution is 7.10. The minimum atomic E-state index is -0.106. The third kappa shape index (κ3) is 3.29. The topological polar surface area (TPSA) is 54.9 Å². The van der Waals surface area contributed by atoms with Crippen molar-refractivity contribution in [2.75, 3.05) is 0 Å². The van der Waals surface area contributed by atoms with Gasteiger partial charge >= 0.3 is 0 Å². The average molecular weight is 301 g/mol. The van der Waals surface area contributed by atoms with Crippen molar-refractivity contribution >= 4 is 17.2 Å². The third-order valence-corrected chi connectivity index (χ3v) is 4.97. The molecule has 21 heavy (non-hydrogen) atoms. The molecule has 0 aromatic carbocycles. The minimum Gasteiger partial charge on any atom is -0.343 e. The number of carbonyl (C=O) groups is 1. The van der Waals surface area contributed by atoms with Gasteiger partial charge in [-0.2, -0.15) is 0 Å². The zero-order valence-corrected chi connectivity index (χ0v) is 12.9. The molecule has 3 rings (SSSR count). The predicted octanol–water partition coefficient (Wildman–Crippen LogP) is 3.51. The zero-order chi connectivity index (χ0) is 14.7. The van der Waals surface area contributed by atoms with Crippen molar-refractivity contribution in [1.82, 2.24) is 15.3 Å². The highest BCUT2D eigenvalue weighted by Crippen LogP contribution is 2.37. The molecule has 5 heteroatoms. The molecule has 0 bridgehead atoms. The number of thiophene rings is 1. The van der Waals surface area contributed by atoms with Crippen LogP contribution in [0.1, 0.15) is 52.9 Å². The fourth-order valence-corrected chi connectivity index (χ4v) is 3.85. The molecule has 2 aromatic rings. The Morgan fingerprint density at radius 1 is 1.38 bits per heavy atom. The van der Waals surface area contributed by atoms with Crippen molar-refractivity contribution in [3.8, 4) is 0 Å². The van der Waals surface area contributed by atoms with Gasteiger partial charge in [-0.05, 0) is 43.2 Å². The monoisotopic (exact) mass is 301 g/mol. The molecule has 2 heterocycles. The molecule has 0 saturated heterocycles. The number of nitrogens with one attached hydrogen (secondary N) is 1. The lowest BCUT2D eigenvalue weighted by molar-refractivity contribution is 0.0917. The van der Waals surface area contributed by atoms with Gasteiger partial charge in [-0.1, -0.05) is 18.9 Å². The van der Waals surface area contributed by atoms with Gasteiger partial charge in [0.2, 0.25) is 0 Å². The second-order valence-corrected chi connectivity index (χ2v) is 6.48. The quantitative estimate of drug-likeness (QED) is 0.940. The van der Waals surface area contributed by atoms with Gasteiger partial charge in [-0.15, -0.1) is 11.3 Å². The molecule has 1 amide bonds. The lowest BCUT2D eigenvalue weighted by Crippen LogP contribution is -2.32. The van der Waals surface area contributed by atoms with Gasteiger partial charge in [0.25, 0.3) is 5.91 Å². The number of carbonyl (C=O) groups excluding carboxylic acids is 1. The van der Waals surface area contributed by atoms with Crippen LogP contribution in [0.3, 0.4) is 0 Å². The highest BCUT2D eigenvalue weighted by Gasteiger charge is 2.28. The number of amides is 1. The maximum absolute atomic E-state index is 12.5. The molecule has 0 unspecified atom stereocenters. The lowest BCUT2D eigenvalue weighted by Gasteiger charge is -2.23. The summed E-state index contributed by atoms with van der Waals surface area (Å²) < 4.78 is 0. The second kappa shape index (κ2) is 6.35. The van der Waals surface area contributed by atoms with Gasteiger partial charge in [0.1, 0.15) is 11.5 Å². The number of hydrogen-bond donors (Lipinski definition) is 1. The molecule has 110 valence electrons. The standard InChI is InChI=1S/C16H19N3OS/c1-11-17-9-8-13(18-11)16(20)19-15(12-5-2-3-6-12)14-7-4-10-21-14/h4,7-10,12,15H,2-3,5-6H2,1H3,(H,19,20)/t15-/m0/s1. The maximum atomic E-state index is 12.5. The van der Waals surface area contributed by atoms with Crippen molar-refractivity contribution in [2.24, 2.45) is 5.92 Å². The molecule has 1 aliphatic carbocycles. The number of aryl methyl sites for hydroxylation is 1. The molecular weight excluding hydrogens is 282 g/mol. The summed E-state index contributed by atoms with van der Waals surface area (Å²) in [5.74, 6) is 1.05. The summed E-state index contributed by atoms with van der Waals surface area (Å²) >= 11 is 1.71. The molecule has 4 nitrogen and oxygen atoms in total. The van der Waals surface area contributed by atoms with E-state index in [2.05, 4.69) is 26.7 Å². The van der Waals surface area contributed by atoms with E-state index >= 15 is 0 Å². The van der Waals surface area contributed by atoms with Crippen molar-refractivity contribution in [3.05, 3.63) is 46.2 Å². The van der Waals surface area contributed by atoms with Crippen molar-refractivity contribution in [3.63, 3.8) is 0 Å². The highest BCUT2D eigenvalue weighted by atomic mass is 32.1.